The molecule has 0 aliphatic carbocycles. The summed E-state index contributed by atoms with van der Waals surface area (Å²) < 4.78 is 0. The molecule has 23 heavy (non-hydrogen) atoms. The molecule has 0 saturated carbocycles. The minimum absolute atomic E-state index is 0.397. The minimum atomic E-state index is -0.404. The van der Waals surface area contributed by atoms with Crippen LogP contribution in [0.3, 0.4) is 0 Å². The van der Waals surface area contributed by atoms with E-state index in [-0.39, 0.29) is 0 Å². The van der Waals surface area contributed by atoms with Crippen LogP contribution in [0.5, 0.6) is 0 Å². The van der Waals surface area contributed by atoms with E-state index in [0.29, 0.717) is 17.0 Å². The Kier molecular flexibility index (Phi) is 4.07. The van der Waals surface area contributed by atoms with Gasteiger partial charge in [-0.15, -0.1) is 0 Å². The molecule has 0 amide bonds. The summed E-state index contributed by atoms with van der Waals surface area (Å²) >= 11 is 0. The molecule has 0 N–H and O–H groups in total. The van der Waals surface area contributed by atoms with Gasteiger partial charge in [0.1, 0.15) is 0 Å². The molecule has 0 bridgehead atoms. The fourth-order valence-electron chi connectivity index (χ4n) is 2.63. The Bertz CT molecular complexity index is 907. The molecule has 0 aliphatic rings. The fraction of sp³-hybridized carbons (Fsp3) is 0.143. The monoisotopic (exact) mass is 302 g/mol. The first-order valence-electron chi connectivity index (χ1n) is 7.74. The van der Waals surface area contributed by atoms with Crippen LogP contribution in [0.2, 0.25) is 0 Å². The highest BCUT2D eigenvalue weighted by Crippen LogP contribution is 2.21. The molecule has 0 radical (unpaired) electrons. The van der Waals surface area contributed by atoms with Gasteiger partial charge >= 0.3 is 0 Å². The van der Waals surface area contributed by atoms with Gasteiger partial charge in [-0.2, -0.15) is 0 Å². The fourth-order valence-corrected chi connectivity index (χ4v) is 2.63. The smallest absolute Gasteiger partial charge is 0.234 e. The first-order chi connectivity index (χ1) is 11.1. The molecule has 2 heteroatoms. The van der Waals surface area contributed by atoms with Crippen LogP contribution < -0.4 is 10.9 Å². The summed E-state index contributed by atoms with van der Waals surface area (Å²) in [7, 11) is 0. The van der Waals surface area contributed by atoms with E-state index in [4.69, 9.17) is 0 Å². The predicted molar refractivity (Wildman–Crippen MR) is 96.2 cm³/mol. The molecule has 3 rings (SSSR count). The standard InChI is InChI=1S/C21H18O2/c1-14(2)16-11-8-15(9-12-16)10-13-18-19(21(23)20(18)22)17-6-4-3-5-7-17/h3-14H,1-2H3/b13-10+. The zero-order valence-electron chi connectivity index (χ0n) is 13.2. The van der Waals surface area contributed by atoms with Gasteiger partial charge < -0.3 is 0 Å². The Morgan fingerprint density at radius 1 is 0.783 bits per heavy atom. The van der Waals surface area contributed by atoms with Crippen LogP contribution in [-0.4, -0.2) is 0 Å². The summed E-state index contributed by atoms with van der Waals surface area (Å²) in [5.74, 6) is 0.492. The summed E-state index contributed by atoms with van der Waals surface area (Å²) in [6, 6.07) is 17.6. The third-order valence-corrected chi connectivity index (χ3v) is 4.06. The van der Waals surface area contributed by atoms with Crippen molar-refractivity contribution in [3.63, 3.8) is 0 Å². The van der Waals surface area contributed by atoms with Crippen LogP contribution in [0.25, 0.3) is 23.3 Å². The topological polar surface area (TPSA) is 34.1 Å². The maximum Gasteiger partial charge on any atom is 0.234 e. The molecule has 114 valence electrons. The molecule has 0 aliphatic heterocycles. The molecular weight excluding hydrogens is 284 g/mol. The average Bonchev–Trinajstić information content (AvgIpc) is 2.58. The molecule has 0 aromatic heterocycles. The summed E-state index contributed by atoms with van der Waals surface area (Å²) in [6.07, 6.45) is 3.63. The molecule has 0 heterocycles. The van der Waals surface area contributed by atoms with Crippen molar-refractivity contribution in [2.24, 2.45) is 0 Å². The lowest BCUT2D eigenvalue weighted by atomic mass is 9.93. The maximum atomic E-state index is 11.9. The lowest BCUT2D eigenvalue weighted by Crippen LogP contribution is -2.35. The molecule has 0 fully saturated rings. The quantitative estimate of drug-likeness (QED) is 0.675. The summed E-state index contributed by atoms with van der Waals surface area (Å²) in [5.41, 5.74) is 3.30. The van der Waals surface area contributed by atoms with Crippen molar-refractivity contribution in [3.05, 3.63) is 91.7 Å². The normalized spacial score (nSPS) is 11.6. The Morgan fingerprint density at radius 3 is 2.04 bits per heavy atom. The zero-order chi connectivity index (χ0) is 16.4. The minimum Gasteiger partial charge on any atom is -0.285 e. The first kappa shape index (κ1) is 15.2. The van der Waals surface area contributed by atoms with Crippen molar-refractivity contribution in [1.29, 1.82) is 0 Å². The van der Waals surface area contributed by atoms with E-state index in [1.165, 1.54) is 5.56 Å². The van der Waals surface area contributed by atoms with Crippen molar-refractivity contribution >= 4 is 12.2 Å². The van der Waals surface area contributed by atoms with Gasteiger partial charge in [-0.3, -0.25) is 9.59 Å². The SMILES string of the molecule is CC(C)c1ccc(/C=C/c2c(-c3ccccc3)c(=O)c2=O)cc1. The number of hydrogen-bond acceptors (Lipinski definition) is 2. The highest BCUT2D eigenvalue weighted by atomic mass is 16.2. The van der Waals surface area contributed by atoms with Crippen LogP contribution >= 0.6 is 0 Å². The summed E-state index contributed by atoms with van der Waals surface area (Å²) in [5, 5.41) is 0. The van der Waals surface area contributed by atoms with Gasteiger partial charge in [-0.05, 0) is 28.7 Å². The average molecular weight is 302 g/mol. The lowest BCUT2D eigenvalue weighted by Gasteiger charge is -2.08. The molecule has 0 saturated heterocycles. The Morgan fingerprint density at radius 2 is 1.43 bits per heavy atom. The van der Waals surface area contributed by atoms with E-state index in [9.17, 15) is 9.59 Å². The number of hydrogen-bond donors (Lipinski definition) is 0. The highest BCUT2D eigenvalue weighted by Gasteiger charge is 2.19. The van der Waals surface area contributed by atoms with E-state index in [2.05, 4.69) is 26.0 Å². The largest absolute Gasteiger partial charge is 0.285 e. The van der Waals surface area contributed by atoms with E-state index in [1.807, 2.05) is 48.5 Å². The van der Waals surface area contributed by atoms with Gasteiger partial charge in [-0.25, -0.2) is 0 Å². The molecule has 3 aromatic rings. The van der Waals surface area contributed by atoms with Crippen molar-refractivity contribution < 1.29 is 0 Å². The molecular formula is C21H18O2. The molecule has 3 aromatic carbocycles. The van der Waals surface area contributed by atoms with E-state index in [1.54, 1.807) is 6.08 Å². The van der Waals surface area contributed by atoms with Crippen LogP contribution in [0.4, 0.5) is 0 Å². The maximum absolute atomic E-state index is 11.9. The van der Waals surface area contributed by atoms with Gasteiger partial charge in [-0.1, -0.05) is 74.5 Å². The zero-order valence-corrected chi connectivity index (χ0v) is 13.2. The van der Waals surface area contributed by atoms with Crippen LogP contribution in [0.1, 0.15) is 36.5 Å². The highest BCUT2D eigenvalue weighted by molar-refractivity contribution is 5.83. The van der Waals surface area contributed by atoms with Crippen molar-refractivity contribution in [3.8, 4) is 11.1 Å². The van der Waals surface area contributed by atoms with Gasteiger partial charge in [0.2, 0.25) is 10.9 Å². The van der Waals surface area contributed by atoms with Crippen molar-refractivity contribution in [1.82, 2.24) is 0 Å². The van der Waals surface area contributed by atoms with E-state index >= 15 is 0 Å². The summed E-state index contributed by atoms with van der Waals surface area (Å²) in [6.45, 7) is 4.31. The predicted octanol–water partition coefficient (Wildman–Crippen LogP) is 4.24. The molecule has 0 unspecified atom stereocenters. The van der Waals surface area contributed by atoms with Crippen LogP contribution in [0, 0.1) is 0 Å². The van der Waals surface area contributed by atoms with Crippen molar-refractivity contribution in [2.75, 3.05) is 0 Å². The van der Waals surface area contributed by atoms with E-state index < -0.39 is 10.9 Å². The number of benzene rings is 2. The number of rotatable bonds is 4. The van der Waals surface area contributed by atoms with Crippen molar-refractivity contribution in [2.45, 2.75) is 19.8 Å². The lowest BCUT2D eigenvalue weighted by molar-refractivity contribution is 0.866. The Balaban J connectivity index is 1.91. The third-order valence-electron chi connectivity index (χ3n) is 4.06. The van der Waals surface area contributed by atoms with Gasteiger partial charge in [0, 0.05) is 11.1 Å². The van der Waals surface area contributed by atoms with Gasteiger partial charge in [0.05, 0.1) is 0 Å². The molecule has 0 spiro atoms. The van der Waals surface area contributed by atoms with Crippen LogP contribution in [-0.2, 0) is 0 Å². The summed E-state index contributed by atoms with van der Waals surface area (Å²) in [4.78, 5) is 23.7. The second kappa shape index (κ2) is 6.17. The van der Waals surface area contributed by atoms with Gasteiger partial charge in [0.25, 0.3) is 0 Å². The molecule has 2 nitrogen and oxygen atoms in total. The second-order valence-electron chi connectivity index (χ2n) is 5.97. The van der Waals surface area contributed by atoms with E-state index in [0.717, 1.165) is 11.1 Å². The first-order valence-corrected chi connectivity index (χ1v) is 7.74. The van der Waals surface area contributed by atoms with Crippen LogP contribution in [0.15, 0.2) is 64.2 Å². The third kappa shape index (κ3) is 2.93. The van der Waals surface area contributed by atoms with Gasteiger partial charge in [0.15, 0.2) is 0 Å². The molecule has 0 atom stereocenters. The second-order valence-corrected chi connectivity index (χ2v) is 5.97. The Hall–Kier alpha value is -2.74. The Labute approximate surface area is 135 Å².